The number of piperazine rings is 1. The van der Waals surface area contributed by atoms with Crippen LogP contribution in [0.25, 0.3) is 0 Å². The highest BCUT2D eigenvalue weighted by atomic mass is 16.6. The number of rotatable bonds is 7. The molecule has 3 heterocycles. The van der Waals surface area contributed by atoms with Gasteiger partial charge in [-0.15, -0.1) is 0 Å². The molecule has 0 spiro atoms. The maximum atomic E-state index is 13.5. The van der Waals surface area contributed by atoms with E-state index in [0.717, 1.165) is 12.0 Å². The van der Waals surface area contributed by atoms with E-state index in [9.17, 15) is 24.4 Å². The first-order valence-electron chi connectivity index (χ1n) is 13.5. The maximum Gasteiger partial charge on any atom is 0.408 e. The first-order chi connectivity index (χ1) is 18.4. The van der Waals surface area contributed by atoms with Gasteiger partial charge in [0.15, 0.2) is 0 Å². The molecule has 2 bridgehead atoms. The van der Waals surface area contributed by atoms with E-state index in [1.807, 2.05) is 28.9 Å². The number of nitrogens with one attached hydrogen (secondary N) is 2. The van der Waals surface area contributed by atoms with E-state index < -0.39 is 29.8 Å². The Morgan fingerprint density at radius 1 is 1.21 bits per heavy atom. The second-order valence-electron chi connectivity index (χ2n) is 11.5. The molecule has 2 N–H and O–H groups in total. The van der Waals surface area contributed by atoms with Gasteiger partial charge in [-0.3, -0.25) is 19.3 Å². The van der Waals surface area contributed by atoms with Gasteiger partial charge in [-0.2, -0.15) is 5.26 Å². The number of hydrogen-bond donors (Lipinski definition) is 2. The Labute approximate surface area is 229 Å². The van der Waals surface area contributed by atoms with Gasteiger partial charge >= 0.3 is 6.09 Å². The molecule has 3 fully saturated rings. The van der Waals surface area contributed by atoms with E-state index in [-0.39, 0.29) is 36.3 Å². The third kappa shape index (κ3) is 6.01. The monoisotopic (exact) mass is 538 g/mol. The number of ether oxygens (including phenoxy) is 1. The topological polar surface area (TPSA) is 135 Å². The zero-order valence-corrected chi connectivity index (χ0v) is 23.3. The standard InChI is InChI=1S/C28H38N6O5/c1-17(18-8-10-19(11-9-18)24(35)30-5)34-21-13-23(26(34)37)32(15-21)16-22(31-27(38)39-28(2,3)4)25(36)33-12-6-7-20(33)14-29/h8-11,17,20-23H,6-7,12-13,15-16H2,1-5H3,(H,30,35)(H,31,38)/t17?,20?,21-,22-,23-/m0/s1. The number of fused-ring (bicyclic) bond motifs is 2. The number of carbonyl (C=O) groups is 4. The molecule has 5 atom stereocenters. The molecule has 0 aliphatic carbocycles. The van der Waals surface area contributed by atoms with Crippen molar-refractivity contribution >= 4 is 23.8 Å². The normalized spacial score (nSPS) is 24.3. The number of hydrogen-bond acceptors (Lipinski definition) is 7. The van der Waals surface area contributed by atoms with E-state index >= 15 is 0 Å². The fourth-order valence-corrected chi connectivity index (χ4v) is 5.85. The van der Waals surface area contributed by atoms with Gasteiger partial charge in [-0.25, -0.2) is 4.79 Å². The highest BCUT2D eigenvalue weighted by Crippen LogP contribution is 2.38. The number of benzene rings is 1. The van der Waals surface area contributed by atoms with Crippen molar-refractivity contribution in [2.24, 2.45) is 0 Å². The minimum absolute atomic E-state index is 0.0198. The number of likely N-dealkylation sites (tertiary alicyclic amines) is 3. The smallest absolute Gasteiger partial charge is 0.408 e. The van der Waals surface area contributed by atoms with E-state index in [2.05, 4.69) is 16.7 Å². The Kier molecular flexibility index (Phi) is 8.16. The molecule has 3 aliphatic heterocycles. The molecule has 1 aromatic rings. The van der Waals surface area contributed by atoms with Crippen molar-refractivity contribution in [1.29, 1.82) is 5.26 Å². The molecule has 0 aromatic heterocycles. The van der Waals surface area contributed by atoms with Gasteiger partial charge in [-0.05, 0) is 64.7 Å². The molecule has 11 heteroatoms. The summed E-state index contributed by atoms with van der Waals surface area (Å²) < 4.78 is 5.41. The Hall–Kier alpha value is -3.65. The van der Waals surface area contributed by atoms with Gasteiger partial charge in [0.2, 0.25) is 11.8 Å². The lowest BCUT2D eigenvalue weighted by molar-refractivity contribution is -0.141. The molecule has 1 aromatic carbocycles. The van der Waals surface area contributed by atoms with Crippen LogP contribution in [0.1, 0.15) is 68.9 Å². The van der Waals surface area contributed by atoms with Crippen LogP contribution in [0.4, 0.5) is 4.79 Å². The van der Waals surface area contributed by atoms with Crippen molar-refractivity contribution in [3.63, 3.8) is 0 Å². The third-order valence-electron chi connectivity index (χ3n) is 7.70. The predicted octanol–water partition coefficient (Wildman–Crippen LogP) is 1.80. The summed E-state index contributed by atoms with van der Waals surface area (Å²) in [5.41, 5.74) is 0.753. The molecule has 210 valence electrons. The maximum absolute atomic E-state index is 13.5. The van der Waals surface area contributed by atoms with Crippen molar-refractivity contribution in [1.82, 2.24) is 25.3 Å². The Morgan fingerprint density at radius 3 is 2.49 bits per heavy atom. The Balaban J connectivity index is 1.46. The summed E-state index contributed by atoms with van der Waals surface area (Å²) in [6, 6.07) is 7.35. The van der Waals surface area contributed by atoms with Gasteiger partial charge in [0, 0.05) is 38.3 Å². The number of alkyl carbamates (subject to hydrolysis) is 1. The Morgan fingerprint density at radius 2 is 1.90 bits per heavy atom. The van der Waals surface area contributed by atoms with Crippen LogP contribution in [0.15, 0.2) is 24.3 Å². The number of nitrogens with zero attached hydrogens (tertiary/aromatic N) is 4. The lowest BCUT2D eigenvalue weighted by Crippen LogP contribution is -2.59. The average molecular weight is 539 g/mol. The molecule has 2 unspecified atom stereocenters. The van der Waals surface area contributed by atoms with E-state index in [1.165, 1.54) is 4.90 Å². The first kappa shape index (κ1) is 28.4. The second-order valence-corrected chi connectivity index (χ2v) is 11.5. The van der Waals surface area contributed by atoms with Crippen LogP contribution in [0.5, 0.6) is 0 Å². The highest BCUT2D eigenvalue weighted by Gasteiger charge is 2.52. The largest absolute Gasteiger partial charge is 0.444 e. The van der Waals surface area contributed by atoms with Crippen molar-refractivity contribution < 1.29 is 23.9 Å². The van der Waals surface area contributed by atoms with Crippen LogP contribution < -0.4 is 10.6 Å². The van der Waals surface area contributed by atoms with Crippen LogP contribution in [-0.2, 0) is 14.3 Å². The number of carbonyl (C=O) groups excluding carboxylic acids is 4. The fraction of sp³-hybridized carbons (Fsp3) is 0.607. The van der Waals surface area contributed by atoms with E-state index in [4.69, 9.17) is 4.74 Å². The van der Waals surface area contributed by atoms with Crippen molar-refractivity contribution in [2.45, 2.75) is 82.8 Å². The van der Waals surface area contributed by atoms with E-state index in [1.54, 1.807) is 40.0 Å². The summed E-state index contributed by atoms with van der Waals surface area (Å²) >= 11 is 0. The summed E-state index contributed by atoms with van der Waals surface area (Å²) in [5, 5.41) is 14.8. The fourth-order valence-electron chi connectivity index (χ4n) is 5.85. The highest BCUT2D eigenvalue weighted by molar-refractivity contribution is 5.94. The zero-order chi connectivity index (χ0) is 28.5. The van der Waals surface area contributed by atoms with Crippen LogP contribution in [-0.4, -0.2) is 95.0 Å². The molecule has 0 radical (unpaired) electrons. The van der Waals surface area contributed by atoms with Gasteiger partial charge in [0.25, 0.3) is 5.91 Å². The summed E-state index contributed by atoms with van der Waals surface area (Å²) in [6.45, 7) is 8.39. The SMILES string of the molecule is CNC(=O)c1ccc(C(C)N2C(=O)[C@@H]3C[C@H]2CN3C[C@H](NC(=O)OC(C)(C)C)C(=O)N2CCCC2C#N)cc1. The molecule has 11 nitrogen and oxygen atoms in total. The average Bonchev–Trinajstić information content (AvgIpc) is 3.60. The molecule has 39 heavy (non-hydrogen) atoms. The minimum Gasteiger partial charge on any atom is -0.444 e. The van der Waals surface area contributed by atoms with Gasteiger partial charge in [-0.1, -0.05) is 12.1 Å². The summed E-state index contributed by atoms with van der Waals surface area (Å²) in [6.07, 6.45) is 1.26. The number of amides is 4. The molecule has 3 aliphatic rings. The molecule has 4 amide bonds. The molecule has 0 saturated carbocycles. The lowest BCUT2D eigenvalue weighted by atomic mass is 10.0. The zero-order valence-electron chi connectivity index (χ0n) is 23.3. The quantitative estimate of drug-likeness (QED) is 0.540. The molecular formula is C28H38N6O5. The predicted molar refractivity (Wildman–Crippen MR) is 142 cm³/mol. The van der Waals surface area contributed by atoms with Gasteiger partial charge in [0.05, 0.1) is 18.2 Å². The van der Waals surface area contributed by atoms with Crippen LogP contribution >= 0.6 is 0 Å². The van der Waals surface area contributed by atoms with Gasteiger partial charge in [0.1, 0.15) is 17.7 Å². The first-order valence-corrected chi connectivity index (χ1v) is 13.5. The summed E-state index contributed by atoms with van der Waals surface area (Å²) in [7, 11) is 1.58. The molecule has 3 saturated heterocycles. The van der Waals surface area contributed by atoms with Crippen LogP contribution in [0.2, 0.25) is 0 Å². The summed E-state index contributed by atoms with van der Waals surface area (Å²) in [5.74, 6) is -0.518. The molecular weight excluding hydrogens is 500 g/mol. The van der Waals surface area contributed by atoms with Crippen molar-refractivity contribution in [2.75, 3.05) is 26.7 Å². The summed E-state index contributed by atoms with van der Waals surface area (Å²) in [4.78, 5) is 56.9. The third-order valence-corrected chi connectivity index (χ3v) is 7.70. The minimum atomic E-state index is -0.941. The van der Waals surface area contributed by atoms with Crippen LogP contribution in [0.3, 0.4) is 0 Å². The van der Waals surface area contributed by atoms with Crippen LogP contribution in [0, 0.1) is 11.3 Å². The van der Waals surface area contributed by atoms with Gasteiger partial charge < -0.3 is 25.2 Å². The number of nitriles is 1. The molecule has 4 rings (SSSR count). The Bertz CT molecular complexity index is 1160. The second kappa shape index (κ2) is 11.2. The van der Waals surface area contributed by atoms with Crippen molar-refractivity contribution in [3.8, 4) is 6.07 Å². The van der Waals surface area contributed by atoms with E-state index in [0.29, 0.717) is 31.5 Å². The lowest BCUT2D eigenvalue weighted by Gasteiger charge is -2.39. The van der Waals surface area contributed by atoms with Crippen molar-refractivity contribution in [3.05, 3.63) is 35.4 Å².